The lowest BCUT2D eigenvalue weighted by molar-refractivity contribution is -0.164. The van der Waals surface area contributed by atoms with Gasteiger partial charge in [-0.3, -0.25) is 9.59 Å². The van der Waals surface area contributed by atoms with Crippen molar-refractivity contribution in [3.8, 4) is 11.5 Å². The molecule has 0 bridgehead atoms. The van der Waals surface area contributed by atoms with Gasteiger partial charge in [-0.1, -0.05) is 38.4 Å². The second kappa shape index (κ2) is 9.89. The number of quaternary nitrogens is 1. The van der Waals surface area contributed by atoms with Gasteiger partial charge in [-0.05, 0) is 36.8 Å². The number of fused-ring (bicyclic) bond motifs is 2. The Morgan fingerprint density at radius 1 is 1.15 bits per heavy atom. The van der Waals surface area contributed by atoms with Crippen molar-refractivity contribution >= 4 is 34.9 Å². The molecule has 0 aromatic heterocycles. The minimum Gasteiger partial charge on any atom is -0.480 e. The third-order valence-corrected chi connectivity index (χ3v) is 8.29. The van der Waals surface area contributed by atoms with Crippen molar-refractivity contribution in [3.05, 3.63) is 52.5 Å². The zero-order valence-corrected chi connectivity index (χ0v) is 23.3. The van der Waals surface area contributed by atoms with Gasteiger partial charge in [-0.2, -0.15) is 0 Å². The number of carbonyl (C=O) groups is 3. The Labute approximate surface area is 232 Å². The summed E-state index contributed by atoms with van der Waals surface area (Å²) in [4.78, 5) is 40.7. The maximum Gasteiger partial charge on any atom is 0.344 e. The molecule has 1 fully saturated rings. The number of rotatable bonds is 5. The molecule has 1 amide bonds. The first-order valence-corrected chi connectivity index (χ1v) is 13.5. The van der Waals surface area contributed by atoms with Gasteiger partial charge in [-0.15, -0.1) is 0 Å². The number of nitrogens with one attached hydrogen (secondary N) is 1. The van der Waals surface area contributed by atoms with Crippen LogP contribution in [0.25, 0.3) is 0 Å². The van der Waals surface area contributed by atoms with Gasteiger partial charge in [0.2, 0.25) is 6.79 Å². The Bertz CT molecular complexity index is 1320. The molecule has 2 aromatic carbocycles. The third-order valence-electron chi connectivity index (χ3n) is 8.05. The fourth-order valence-corrected chi connectivity index (χ4v) is 6.71. The summed E-state index contributed by atoms with van der Waals surface area (Å²) in [6, 6.07) is 9.91. The summed E-state index contributed by atoms with van der Waals surface area (Å²) in [6.45, 7) is 7.85. The molecule has 39 heavy (non-hydrogen) atoms. The van der Waals surface area contributed by atoms with E-state index in [1.165, 1.54) is 6.92 Å². The third kappa shape index (κ3) is 4.51. The molecule has 0 radical (unpaired) electrons. The van der Waals surface area contributed by atoms with Crippen LogP contribution in [-0.4, -0.2) is 61.8 Å². The van der Waals surface area contributed by atoms with Crippen LogP contribution in [0.15, 0.2) is 36.4 Å². The molecule has 10 heteroatoms. The van der Waals surface area contributed by atoms with Crippen LogP contribution in [0.1, 0.15) is 51.3 Å². The Kier molecular flexibility index (Phi) is 6.99. The van der Waals surface area contributed by atoms with Crippen LogP contribution < -0.4 is 19.3 Å². The van der Waals surface area contributed by atoms with Gasteiger partial charge in [0.25, 0.3) is 0 Å². The largest absolute Gasteiger partial charge is 0.480 e. The molecule has 0 saturated carbocycles. The van der Waals surface area contributed by atoms with Gasteiger partial charge in [0.1, 0.15) is 17.8 Å². The Morgan fingerprint density at radius 3 is 2.59 bits per heavy atom. The molecule has 3 aliphatic rings. The minimum absolute atomic E-state index is 0.0604. The molecule has 2 aromatic rings. The fourth-order valence-electron chi connectivity index (χ4n) is 6.53. The van der Waals surface area contributed by atoms with E-state index in [4.69, 9.17) is 25.8 Å². The lowest BCUT2D eigenvalue weighted by Crippen LogP contribution is -2.75. The second-order valence-corrected chi connectivity index (χ2v) is 12.2. The molecule has 9 nitrogen and oxygen atoms in total. The highest BCUT2D eigenvalue weighted by Gasteiger charge is 2.65. The number of ketones is 1. The van der Waals surface area contributed by atoms with Crippen LogP contribution in [0.5, 0.6) is 11.5 Å². The number of aliphatic carboxylic acids is 1. The summed E-state index contributed by atoms with van der Waals surface area (Å²) in [6.07, 6.45) is -0.375. The maximum atomic E-state index is 14.5. The van der Waals surface area contributed by atoms with E-state index in [2.05, 4.69) is 5.32 Å². The van der Waals surface area contributed by atoms with E-state index in [0.717, 1.165) is 5.56 Å². The molecule has 4 atom stereocenters. The van der Waals surface area contributed by atoms with Crippen LogP contribution in [0, 0.1) is 10.8 Å². The minimum atomic E-state index is -1.81. The smallest absolute Gasteiger partial charge is 0.344 e. The van der Waals surface area contributed by atoms with Crippen molar-refractivity contribution < 1.29 is 33.7 Å². The number of halogens is 1. The van der Waals surface area contributed by atoms with Crippen molar-refractivity contribution in [1.82, 2.24) is 9.80 Å². The van der Waals surface area contributed by atoms with E-state index >= 15 is 0 Å². The van der Waals surface area contributed by atoms with Gasteiger partial charge in [0.05, 0.1) is 6.54 Å². The lowest BCUT2D eigenvalue weighted by Gasteiger charge is -2.51. The van der Waals surface area contributed by atoms with Crippen molar-refractivity contribution in [2.75, 3.05) is 33.0 Å². The average molecular weight is 558 g/mol. The molecular formula is C29H34ClN2O7+. The van der Waals surface area contributed by atoms with Gasteiger partial charge in [-0.25, -0.2) is 9.28 Å². The van der Waals surface area contributed by atoms with E-state index in [9.17, 15) is 19.5 Å². The molecule has 3 heterocycles. The van der Waals surface area contributed by atoms with Crippen LogP contribution in [-0.2, 0) is 19.1 Å². The van der Waals surface area contributed by atoms with Crippen molar-refractivity contribution in [2.45, 2.75) is 46.3 Å². The number of nitrogens with zero attached hydrogens (tertiary/aromatic N) is 1. The summed E-state index contributed by atoms with van der Waals surface area (Å²) < 4.78 is 17.1. The van der Waals surface area contributed by atoms with Crippen molar-refractivity contribution in [2.24, 2.45) is 10.8 Å². The number of carbonyl (C=O) groups excluding carboxylic acids is 2. The first-order chi connectivity index (χ1) is 18.4. The van der Waals surface area contributed by atoms with Gasteiger partial charge in [0, 0.05) is 41.6 Å². The summed E-state index contributed by atoms with van der Waals surface area (Å²) in [7, 11) is 0. The standard InChI is InChI=1S/C29H33ClN2O7/c1-17(33)29(27(35)36)14-31-10-9-24(29)32(15-28(2,3)4)21-7-6-19(30)12-20(21)26(37-13-25(32)34)18-5-8-22-23(11-18)39-16-38-22/h5-8,11-12,24,26,31H,9-10,13-16H2,1-4H3/p+1/t24-,26?,29+,32?/m1/s1. The summed E-state index contributed by atoms with van der Waals surface area (Å²) in [5, 5.41) is 14.1. The van der Waals surface area contributed by atoms with Crippen LogP contribution in [0.4, 0.5) is 5.69 Å². The molecule has 2 N–H and O–H groups in total. The highest BCUT2D eigenvalue weighted by atomic mass is 35.5. The predicted molar refractivity (Wildman–Crippen MR) is 145 cm³/mol. The topological polar surface area (TPSA) is 111 Å². The zero-order chi connectivity index (χ0) is 28.2. The van der Waals surface area contributed by atoms with Crippen molar-refractivity contribution in [1.29, 1.82) is 0 Å². The van der Waals surface area contributed by atoms with Crippen LogP contribution in [0.2, 0.25) is 5.02 Å². The number of carboxylic acid groups (broad SMARTS) is 1. The van der Waals surface area contributed by atoms with Crippen LogP contribution in [0.3, 0.4) is 0 Å². The van der Waals surface area contributed by atoms with Gasteiger partial charge >= 0.3 is 11.9 Å². The molecule has 2 unspecified atom stereocenters. The van der Waals surface area contributed by atoms with E-state index < -0.39 is 34.7 Å². The molecule has 0 aliphatic carbocycles. The summed E-state index contributed by atoms with van der Waals surface area (Å²) in [5.41, 5.74) is -0.241. The number of amides is 1. The lowest BCUT2D eigenvalue weighted by atomic mass is 9.70. The number of carboxylic acids is 1. The maximum absolute atomic E-state index is 14.5. The molecule has 3 aliphatic heterocycles. The van der Waals surface area contributed by atoms with Gasteiger partial charge in [0.15, 0.2) is 29.3 Å². The Morgan fingerprint density at radius 2 is 1.90 bits per heavy atom. The molecule has 208 valence electrons. The number of piperidine rings is 1. The number of ether oxygens (including phenoxy) is 3. The van der Waals surface area contributed by atoms with E-state index in [-0.39, 0.29) is 36.9 Å². The normalized spacial score (nSPS) is 28.5. The van der Waals surface area contributed by atoms with Crippen molar-refractivity contribution in [3.63, 3.8) is 0 Å². The van der Waals surface area contributed by atoms with Crippen LogP contribution >= 0.6 is 11.6 Å². The Hall–Kier alpha value is -2.98. The van der Waals surface area contributed by atoms with E-state index in [1.807, 2.05) is 32.9 Å². The number of hydrogen-bond acceptors (Lipinski definition) is 7. The number of hydrogen-bond donors (Lipinski definition) is 2. The number of benzene rings is 2. The zero-order valence-electron chi connectivity index (χ0n) is 22.6. The quantitative estimate of drug-likeness (QED) is 0.418. The predicted octanol–water partition coefficient (Wildman–Crippen LogP) is 4.09. The van der Waals surface area contributed by atoms with E-state index in [0.29, 0.717) is 40.7 Å². The monoisotopic (exact) mass is 557 g/mol. The Balaban J connectivity index is 1.79. The highest BCUT2D eigenvalue weighted by molar-refractivity contribution is 6.30. The SMILES string of the molecule is CC(=O)[C@@]1(C(=O)O)CNCC[C@H]1[N+]1(CC(C)(C)C)C(=O)COC(c2ccc3c(c2)OCO3)c2cc(Cl)ccc21. The molecule has 0 spiro atoms. The van der Waals surface area contributed by atoms with E-state index in [1.54, 1.807) is 24.3 Å². The summed E-state index contributed by atoms with van der Waals surface area (Å²) >= 11 is 6.53. The molecular weight excluding hydrogens is 524 g/mol. The summed E-state index contributed by atoms with van der Waals surface area (Å²) in [5.74, 6) is -0.824. The average Bonchev–Trinajstić information content (AvgIpc) is 3.30. The molecule has 1 saturated heterocycles. The fraction of sp³-hybridized carbons (Fsp3) is 0.483. The van der Waals surface area contributed by atoms with Gasteiger partial charge < -0.3 is 24.6 Å². The molecule has 5 rings (SSSR count). The number of Topliss-reactive ketones (excluding diaryl/α,β-unsaturated/α-hetero) is 1. The second-order valence-electron chi connectivity index (χ2n) is 11.8. The highest BCUT2D eigenvalue weighted by Crippen LogP contribution is 2.49. The first kappa shape index (κ1) is 27.6. The first-order valence-electron chi connectivity index (χ1n) is 13.1.